The molecular formula is C34H41ClN6O3. The fourth-order valence-corrected chi connectivity index (χ4v) is 5.87. The number of aromatic nitrogens is 1. The summed E-state index contributed by atoms with van der Waals surface area (Å²) in [5, 5.41) is 7.91. The molecule has 9 nitrogen and oxygen atoms in total. The zero-order valence-corrected chi connectivity index (χ0v) is 26.5. The van der Waals surface area contributed by atoms with Crippen LogP contribution >= 0.6 is 11.6 Å². The summed E-state index contributed by atoms with van der Waals surface area (Å²) in [5.74, 6) is -0.0450. The van der Waals surface area contributed by atoms with Gasteiger partial charge in [-0.15, -0.1) is 0 Å². The Hall–Kier alpha value is -4.21. The topological polar surface area (TPSA) is 92.9 Å². The van der Waals surface area contributed by atoms with Crippen molar-refractivity contribution in [3.63, 3.8) is 0 Å². The van der Waals surface area contributed by atoms with Crippen molar-refractivity contribution in [1.82, 2.24) is 20.1 Å². The molecule has 0 spiro atoms. The van der Waals surface area contributed by atoms with E-state index < -0.39 is 6.04 Å². The highest BCUT2D eigenvalue weighted by atomic mass is 35.5. The minimum absolute atomic E-state index is 0.265. The first-order valence-corrected chi connectivity index (χ1v) is 15.4. The van der Waals surface area contributed by atoms with Crippen LogP contribution in [0.3, 0.4) is 0 Å². The Morgan fingerprint density at radius 1 is 1.02 bits per heavy atom. The number of amides is 3. The van der Waals surface area contributed by atoms with Gasteiger partial charge in [0.1, 0.15) is 11.8 Å². The van der Waals surface area contributed by atoms with E-state index in [1.54, 1.807) is 4.90 Å². The third-order valence-electron chi connectivity index (χ3n) is 8.03. The molecule has 10 heteroatoms. The van der Waals surface area contributed by atoms with Crippen molar-refractivity contribution in [3.05, 3.63) is 89.1 Å². The van der Waals surface area contributed by atoms with Crippen molar-refractivity contribution in [1.29, 1.82) is 0 Å². The van der Waals surface area contributed by atoms with Crippen LogP contribution in [0, 0.1) is 0 Å². The summed E-state index contributed by atoms with van der Waals surface area (Å²) in [5.41, 5.74) is 4.63. The van der Waals surface area contributed by atoms with Gasteiger partial charge in [0.2, 0.25) is 5.91 Å². The maximum absolute atomic E-state index is 14.1. The number of hydrogen-bond donors (Lipinski definition) is 3. The predicted octanol–water partition coefficient (Wildman–Crippen LogP) is 5.92. The van der Waals surface area contributed by atoms with Gasteiger partial charge >= 0.3 is 6.03 Å². The van der Waals surface area contributed by atoms with Crippen LogP contribution in [-0.4, -0.2) is 79.6 Å². The molecule has 2 atom stereocenters. The summed E-state index contributed by atoms with van der Waals surface area (Å²) >= 11 is 6.06. The van der Waals surface area contributed by atoms with E-state index in [-0.39, 0.29) is 17.9 Å². The third-order valence-corrected chi connectivity index (χ3v) is 8.28. The molecule has 4 aromatic rings. The van der Waals surface area contributed by atoms with Crippen LogP contribution in [-0.2, 0) is 11.3 Å². The Morgan fingerprint density at radius 3 is 2.45 bits per heavy atom. The SMILES string of the molecule is CCOc1ccc(CN(C)C)cc1NC(=O)C(NC(=O)N1CCN(c2ccc(Cl)cc2)CC1)C(C)c1c[nH]c2ccccc12. The lowest BCUT2D eigenvalue weighted by Gasteiger charge is -2.37. The number of para-hydroxylation sites is 1. The zero-order valence-electron chi connectivity index (χ0n) is 25.8. The molecule has 44 heavy (non-hydrogen) atoms. The second-order valence-corrected chi connectivity index (χ2v) is 11.9. The van der Waals surface area contributed by atoms with Crippen LogP contribution in [0.4, 0.5) is 16.2 Å². The van der Waals surface area contributed by atoms with Crippen molar-refractivity contribution < 1.29 is 14.3 Å². The van der Waals surface area contributed by atoms with Gasteiger partial charge < -0.3 is 35.1 Å². The summed E-state index contributed by atoms with van der Waals surface area (Å²) in [7, 11) is 4.00. The number of nitrogens with one attached hydrogen (secondary N) is 3. The average molecular weight is 617 g/mol. The number of halogens is 1. The van der Waals surface area contributed by atoms with Gasteiger partial charge in [-0.2, -0.15) is 0 Å². The predicted molar refractivity (Wildman–Crippen MR) is 178 cm³/mol. The molecule has 2 unspecified atom stereocenters. The summed E-state index contributed by atoms with van der Waals surface area (Å²) in [6, 6.07) is 20.4. The van der Waals surface area contributed by atoms with Gasteiger partial charge in [0.05, 0.1) is 12.3 Å². The Labute approximate surface area is 264 Å². The highest BCUT2D eigenvalue weighted by Gasteiger charge is 2.32. The van der Waals surface area contributed by atoms with E-state index >= 15 is 0 Å². The van der Waals surface area contributed by atoms with E-state index in [2.05, 4.69) is 25.4 Å². The lowest BCUT2D eigenvalue weighted by Crippen LogP contribution is -2.56. The van der Waals surface area contributed by atoms with Gasteiger partial charge in [0.25, 0.3) is 0 Å². The first kappa shape index (κ1) is 31.2. The van der Waals surface area contributed by atoms with Gasteiger partial charge in [0.15, 0.2) is 0 Å². The lowest BCUT2D eigenvalue weighted by atomic mass is 9.92. The molecule has 1 aromatic heterocycles. The Morgan fingerprint density at radius 2 is 1.75 bits per heavy atom. The molecule has 0 saturated carbocycles. The van der Waals surface area contributed by atoms with Crippen LogP contribution in [0.5, 0.6) is 5.75 Å². The molecular weight excluding hydrogens is 576 g/mol. The summed E-state index contributed by atoms with van der Waals surface area (Å²) in [6.07, 6.45) is 1.93. The number of carbonyl (C=O) groups excluding carboxylic acids is 2. The van der Waals surface area contributed by atoms with Crippen LogP contribution in [0.2, 0.25) is 5.02 Å². The van der Waals surface area contributed by atoms with Gasteiger partial charge in [-0.25, -0.2) is 4.79 Å². The highest BCUT2D eigenvalue weighted by Crippen LogP contribution is 2.31. The molecule has 232 valence electrons. The lowest BCUT2D eigenvalue weighted by molar-refractivity contribution is -0.118. The average Bonchev–Trinajstić information content (AvgIpc) is 3.45. The summed E-state index contributed by atoms with van der Waals surface area (Å²) in [6.45, 7) is 7.49. The molecule has 1 saturated heterocycles. The third kappa shape index (κ3) is 7.29. The molecule has 0 radical (unpaired) electrons. The molecule has 1 aliphatic heterocycles. The van der Waals surface area contributed by atoms with Crippen molar-refractivity contribution in [3.8, 4) is 5.75 Å². The van der Waals surface area contributed by atoms with E-state index in [9.17, 15) is 9.59 Å². The van der Waals surface area contributed by atoms with Crippen molar-refractivity contribution in [2.24, 2.45) is 0 Å². The zero-order chi connectivity index (χ0) is 31.2. The van der Waals surface area contributed by atoms with Gasteiger partial charge in [-0.3, -0.25) is 4.79 Å². The normalized spacial score (nSPS) is 14.9. The molecule has 2 heterocycles. The fraction of sp³-hybridized carbons (Fsp3) is 0.353. The number of urea groups is 1. The second kappa shape index (κ2) is 14.1. The number of hydrogen-bond acceptors (Lipinski definition) is 5. The van der Waals surface area contributed by atoms with Gasteiger partial charge in [-0.1, -0.05) is 42.8 Å². The molecule has 1 aliphatic rings. The molecule has 3 aromatic carbocycles. The van der Waals surface area contributed by atoms with Gasteiger partial charge in [-0.05, 0) is 74.6 Å². The van der Waals surface area contributed by atoms with Crippen LogP contribution < -0.4 is 20.3 Å². The second-order valence-electron chi connectivity index (χ2n) is 11.4. The quantitative estimate of drug-likeness (QED) is 0.206. The van der Waals surface area contributed by atoms with E-state index in [0.717, 1.165) is 27.7 Å². The van der Waals surface area contributed by atoms with Crippen molar-refractivity contribution in [2.75, 3.05) is 57.1 Å². The first-order valence-electron chi connectivity index (χ1n) is 15.1. The Balaban J connectivity index is 1.37. The maximum atomic E-state index is 14.1. The van der Waals surface area contributed by atoms with E-state index in [0.29, 0.717) is 55.8 Å². The Bertz CT molecular complexity index is 1580. The number of fused-ring (bicyclic) bond motifs is 1. The smallest absolute Gasteiger partial charge is 0.318 e. The van der Waals surface area contributed by atoms with Crippen molar-refractivity contribution in [2.45, 2.75) is 32.4 Å². The number of ether oxygens (including phenoxy) is 1. The Kier molecular flexibility index (Phi) is 9.97. The number of rotatable bonds is 10. The molecule has 0 bridgehead atoms. The molecule has 5 rings (SSSR count). The van der Waals surface area contributed by atoms with E-state index in [4.69, 9.17) is 16.3 Å². The maximum Gasteiger partial charge on any atom is 0.318 e. The summed E-state index contributed by atoms with van der Waals surface area (Å²) < 4.78 is 5.86. The van der Waals surface area contributed by atoms with Crippen LogP contribution in [0.15, 0.2) is 72.9 Å². The monoisotopic (exact) mass is 616 g/mol. The number of aromatic amines is 1. The minimum Gasteiger partial charge on any atom is -0.492 e. The highest BCUT2D eigenvalue weighted by molar-refractivity contribution is 6.30. The number of nitrogens with zero attached hydrogens (tertiary/aromatic N) is 3. The van der Waals surface area contributed by atoms with Crippen LogP contribution in [0.25, 0.3) is 10.9 Å². The van der Waals surface area contributed by atoms with E-state index in [1.807, 2.05) is 101 Å². The van der Waals surface area contributed by atoms with Gasteiger partial charge in [0, 0.05) is 66.5 Å². The minimum atomic E-state index is -0.844. The van der Waals surface area contributed by atoms with Crippen molar-refractivity contribution >= 4 is 45.8 Å². The standard InChI is InChI=1S/C34H41ClN6O3/c1-5-44-31-15-10-24(22-39(3)4)20-30(31)37-33(42)32(23(2)28-21-36-29-9-7-6-8-27(28)29)38-34(43)41-18-16-40(17-19-41)26-13-11-25(35)12-14-26/h6-15,20-21,23,32,36H,5,16-19,22H2,1-4H3,(H,37,42)(H,38,43). The van der Waals surface area contributed by atoms with Crippen LogP contribution in [0.1, 0.15) is 30.9 Å². The van der Waals surface area contributed by atoms with E-state index in [1.165, 1.54) is 0 Å². The molecule has 3 N–H and O–H groups in total. The number of benzene rings is 3. The number of H-pyrrole nitrogens is 1. The largest absolute Gasteiger partial charge is 0.492 e. The molecule has 1 fully saturated rings. The summed E-state index contributed by atoms with van der Waals surface area (Å²) in [4.78, 5) is 37.2. The number of piperazine rings is 1. The number of carbonyl (C=O) groups is 2. The molecule has 0 aliphatic carbocycles. The fourth-order valence-electron chi connectivity index (χ4n) is 5.74. The first-order chi connectivity index (χ1) is 21.2. The number of anilines is 2. The molecule has 3 amide bonds.